The van der Waals surface area contributed by atoms with Crippen LogP contribution in [0.25, 0.3) is 0 Å². The minimum absolute atomic E-state index is 0.0337. The van der Waals surface area contributed by atoms with Crippen molar-refractivity contribution in [3.8, 4) is 0 Å². The molecule has 0 atom stereocenters. The van der Waals surface area contributed by atoms with Gasteiger partial charge in [0, 0.05) is 37.7 Å². The van der Waals surface area contributed by atoms with E-state index in [1.807, 2.05) is 11.8 Å². The number of piperazine rings is 1. The van der Waals surface area contributed by atoms with Gasteiger partial charge in [-0.2, -0.15) is 4.31 Å². The second-order valence-corrected chi connectivity index (χ2v) is 7.47. The predicted molar refractivity (Wildman–Crippen MR) is 85.3 cm³/mol. The molecule has 0 aromatic heterocycles. The number of benzene rings is 1. The quantitative estimate of drug-likeness (QED) is 0.856. The van der Waals surface area contributed by atoms with Gasteiger partial charge >= 0.3 is 0 Å². The molecule has 1 aromatic carbocycles. The highest BCUT2D eigenvalue weighted by Crippen LogP contribution is 2.20. The number of hydrogen-bond acceptors (Lipinski definition) is 4. The number of nitrogens with one attached hydrogen (secondary N) is 1. The van der Waals surface area contributed by atoms with Crippen LogP contribution >= 0.6 is 11.6 Å². The van der Waals surface area contributed by atoms with Crippen LogP contribution in [0.5, 0.6) is 0 Å². The summed E-state index contributed by atoms with van der Waals surface area (Å²) in [5.41, 5.74) is 0. The Bertz CT molecular complexity index is 628. The van der Waals surface area contributed by atoms with Crippen molar-refractivity contribution in [2.24, 2.45) is 0 Å². The van der Waals surface area contributed by atoms with Gasteiger partial charge in [0.25, 0.3) is 0 Å². The molecule has 0 unspecified atom stereocenters. The summed E-state index contributed by atoms with van der Waals surface area (Å²) in [7, 11) is -3.52. The third-order valence-electron chi connectivity index (χ3n) is 3.51. The minimum Gasteiger partial charge on any atom is -0.355 e. The lowest BCUT2D eigenvalue weighted by Crippen LogP contribution is -2.51. The Kier molecular flexibility index (Phi) is 5.80. The van der Waals surface area contributed by atoms with E-state index in [-0.39, 0.29) is 10.8 Å². The van der Waals surface area contributed by atoms with E-state index in [0.29, 0.717) is 44.3 Å². The lowest BCUT2D eigenvalue weighted by atomic mass is 10.3. The van der Waals surface area contributed by atoms with E-state index >= 15 is 0 Å². The number of halogens is 1. The molecule has 1 aliphatic rings. The van der Waals surface area contributed by atoms with Gasteiger partial charge in [-0.25, -0.2) is 8.42 Å². The molecule has 0 radical (unpaired) electrons. The maximum Gasteiger partial charge on any atom is 0.243 e. The topological polar surface area (TPSA) is 69.7 Å². The van der Waals surface area contributed by atoms with Crippen molar-refractivity contribution in [2.45, 2.75) is 11.8 Å². The van der Waals surface area contributed by atoms with Crippen LogP contribution in [0.2, 0.25) is 5.02 Å². The lowest BCUT2D eigenvalue weighted by molar-refractivity contribution is -0.122. The average molecular weight is 346 g/mol. The standard InChI is InChI=1S/C14H20ClN3O3S/c1-2-16-14(19)11-17-6-8-18(9-7-17)22(20,21)13-5-3-4-12(15)10-13/h3-5,10H,2,6-9,11H2,1H3,(H,16,19). The Morgan fingerprint density at radius 2 is 1.95 bits per heavy atom. The Morgan fingerprint density at radius 1 is 1.27 bits per heavy atom. The molecule has 2 rings (SSSR count). The van der Waals surface area contributed by atoms with Gasteiger partial charge < -0.3 is 5.32 Å². The first kappa shape index (κ1) is 17.2. The largest absolute Gasteiger partial charge is 0.355 e. The molecule has 1 amide bonds. The smallest absolute Gasteiger partial charge is 0.243 e. The van der Waals surface area contributed by atoms with Crippen molar-refractivity contribution in [3.63, 3.8) is 0 Å². The third kappa shape index (κ3) is 4.19. The van der Waals surface area contributed by atoms with Gasteiger partial charge in [0.1, 0.15) is 0 Å². The number of hydrogen-bond donors (Lipinski definition) is 1. The molecule has 1 aliphatic heterocycles. The molecule has 1 N–H and O–H groups in total. The molecular formula is C14H20ClN3O3S. The van der Waals surface area contributed by atoms with Crippen LogP contribution in [0.3, 0.4) is 0 Å². The predicted octanol–water partition coefficient (Wildman–Crippen LogP) is 0.782. The summed E-state index contributed by atoms with van der Waals surface area (Å²) in [4.78, 5) is 13.7. The first-order chi connectivity index (χ1) is 10.4. The normalized spacial score (nSPS) is 17.4. The summed E-state index contributed by atoms with van der Waals surface area (Å²) in [6.45, 7) is 4.59. The number of nitrogens with zero attached hydrogens (tertiary/aromatic N) is 2. The van der Waals surface area contributed by atoms with Crippen LogP contribution < -0.4 is 5.32 Å². The molecular weight excluding hydrogens is 326 g/mol. The van der Waals surface area contributed by atoms with E-state index in [2.05, 4.69) is 5.32 Å². The number of amides is 1. The van der Waals surface area contributed by atoms with Crippen LogP contribution in [-0.2, 0) is 14.8 Å². The van der Waals surface area contributed by atoms with E-state index in [9.17, 15) is 13.2 Å². The zero-order chi connectivity index (χ0) is 16.2. The summed E-state index contributed by atoms with van der Waals surface area (Å²) in [6, 6.07) is 6.27. The molecule has 6 nitrogen and oxygen atoms in total. The Balaban J connectivity index is 1.97. The van der Waals surface area contributed by atoms with Crippen LogP contribution in [0.4, 0.5) is 0 Å². The van der Waals surface area contributed by atoms with E-state index < -0.39 is 10.0 Å². The summed E-state index contributed by atoms with van der Waals surface area (Å²) in [5, 5.41) is 3.14. The van der Waals surface area contributed by atoms with Crippen molar-refractivity contribution in [3.05, 3.63) is 29.3 Å². The highest BCUT2D eigenvalue weighted by atomic mass is 35.5. The van der Waals surface area contributed by atoms with Gasteiger partial charge in [-0.3, -0.25) is 9.69 Å². The average Bonchev–Trinajstić information content (AvgIpc) is 2.48. The summed E-state index contributed by atoms with van der Waals surface area (Å²) in [6.07, 6.45) is 0. The number of likely N-dealkylation sites (N-methyl/N-ethyl adjacent to an activating group) is 1. The molecule has 0 bridgehead atoms. The van der Waals surface area contributed by atoms with Crippen molar-refractivity contribution in [1.29, 1.82) is 0 Å². The van der Waals surface area contributed by atoms with Gasteiger partial charge in [-0.05, 0) is 25.1 Å². The summed E-state index contributed by atoms with van der Waals surface area (Å²) in [5.74, 6) is -0.0337. The molecule has 1 saturated heterocycles. The number of carbonyl (C=O) groups is 1. The van der Waals surface area contributed by atoms with Crippen LogP contribution in [0.1, 0.15) is 6.92 Å². The number of sulfonamides is 1. The van der Waals surface area contributed by atoms with Crippen LogP contribution in [-0.4, -0.2) is 62.8 Å². The zero-order valence-electron chi connectivity index (χ0n) is 12.5. The molecule has 0 aliphatic carbocycles. The SMILES string of the molecule is CCNC(=O)CN1CCN(S(=O)(=O)c2cccc(Cl)c2)CC1. The van der Waals surface area contributed by atoms with Crippen LogP contribution in [0.15, 0.2) is 29.2 Å². The van der Waals surface area contributed by atoms with Crippen molar-refractivity contribution < 1.29 is 13.2 Å². The fraction of sp³-hybridized carbons (Fsp3) is 0.500. The van der Waals surface area contributed by atoms with Gasteiger partial charge in [0.15, 0.2) is 0 Å². The highest BCUT2D eigenvalue weighted by molar-refractivity contribution is 7.89. The minimum atomic E-state index is -3.52. The van der Waals surface area contributed by atoms with E-state index in [0.717, 1.165) is 0 Å². The second-order valence-electron chi connectivity index (χ2n) is 5.09. The first-order valence-electron chi connectivity index (χ1n) is 7.18. The highest BCUT2D eigenvalue weighted by Gasteiger charge is 2.29. The lowest BCUT2D eigenvalue weighted by Gasteiger charge is -2.33. The van der Waals surface area contributed by atoms with Crippen molar-refractivity contribution in [1.82, 2.24) is 14.5 Å². The zero-order valence-corrected chi connectivity index (χ0v) is 14.0. The van der Waals surface area contributed by atoms with Gasteiger partial charge in [0.05, 0.1) is 11.4 Å². The van der Waals surface area contributed by atoms with Gasteiger partial charge in [-0.15, -0.1) is 0 Å². The fourth-order valence-electron chi connectivity index (χ4n) is 2.36. The number of rotatable bonds is 5. The maximum absolute atomic E-state index is 12.5. The number of carbonyl (C=O) groups excluding carboxylic acids is 1. The summed E-state index contributed by atoms with van der Waals surface area (Å²) >= 11 is 5.86. The molecule has 22 heavy (non-hydrogen) atoms. The molecule has 1 heterocycles. The summed E-state index contributed by atoms with van der Waals surface area (Å²) < 4.78 is 26.5. The first-order valence-corrected chi connectivity index (χ1v) is 9.00. The monoisotopic (exact) mass is 345 g/mol. The molecule has 0 saturated carbocycles. The molecule has 1 fully saturated rings. The maximum atomic E-state index is 12.5. The third-order valence-corrected chi connectivity index (χ3v) is 5.64. The fourth-order valence-corrected chi connectivity index (χ4v) is 4.08. The molecule has 122 valence electrons. The second kappa shape index (κ2) is 7.41. The molecule has 8 heteroatoms. The van der Waals surface area contributed by atoms with Gasteiger partial charge in [-0.1, -0.05) is 17.7 Å². The molecule has 0 spiro atoms. The van der Waals surface area contributed by atoms with E-state index in [4.69, 9.17) is 11.6 Å². The van der Waals surface area contributed by atoms with Gasteiger partial charge in [0.2, 0.25) is 15.9 Å². The van der Waals surface area contributed by atoms with Crippen molar-refractivity contribution in [2.75, 3.05) is 39.3 Å². The van der Waals surface area contributed by atoms with Crippen molar-refractivity contribution >= 4 is 27.5 Å². The van der Waals surface area contributed by atoms with E-state index in [1.165, 1.54) is 10.4 Å². The Hall–Kier alpha value is -1.15. The Morgan fingerprint density at radius 3 is 2.55 bits per heavy atom. The molecule has 1 aromatic rings. The van der Waals surface area contributed by atoms with E-state index in [1.54, 1.807) is 18.2 Å². The van der Waals surface area contributed by atoms with Crippen LogP contribution in [0, 0.1) is 0 Å². The Labute approximate surface area is 136 Å².